The van der Waals surface area contributed by atoms with Crippen LogP contribution >= 0.6 is 0 Å². The number of rotatable bonds is 8. The molecule has 3 aromatic carbocycles. The van der Waals surface area contributed by atoms with E-state index in [1.165, 1.54) is 36.4 Å². The van der Waals surface area contributed by atoms with Crippen LogP contribution in [-0.4, -0.2) is 28.8 Å². The fraction of sp³-hybridized carbons (Fsp3) is 0.296. The van der Waals surface area contributed by atoms with E-state index >= 15 is 0 Å². The molecule has 196 valence electrons. The first-order chi connectivity index (χ1) is 17.7. The highest BCUT2D eigenvalue weighted by atomic mass is 32.2. The summed E-state index contributed by atoms with van der Waals surface area (Å²) in [5, 5.41) is 0.991. The fourth-order valence-corrected chi connectivity index (χ4v) is 7.42. The van der Waals surface area contributed by atoms with Crippen LogP contribution in [0, 0.1) is 5.82 Å². The zero-order valence-corrected chi connectivity index (χ0v) is 21.8. The molecular weight excluding hydrogens is 515 g/mol. The molecule has 1 unspecified atom stereocenters. The maximum Gasteiger partial charge on any atom is 0.247 e. The molecule has 0 heterocycles. The van der Waals surface area contributed by atoms with Crippen LogP contribution in [0.2, 0.25) is 0 Å². The van der Waals surface area contributed by atoms with E-state index in [2.05, 4.69) is 10.0 Å². The molecule has 0 radical (unpaired) electrons. The van der Waals surface area contributed by atoms with E-state index in [1.807, 2.05) is 0 Å². The van der Waals surface area contributed by atoms with Crippen molar-refractivity contribution in [2.45, 2.75) is 59.6 Å². The monoisotopic (exact) mass is 544 g/mol. The van der Waals surface area contributed by atoms with Crippen molar-refractivity contribution in [3.05, 3.63) is 90.2 Å². The van der Waals surface area contributed by atoms with Crippen LogP contribution in [0.3, 0.4) is 0 Å². The number of nitrogens with one attached hydrogen (secondary N) is 2. The molecular formula is C27H29FN2O5S2. The van der Waals surface area contributed by atoms with Gasteiger partial charge in [0.1, 0.15) is 5.82 Å². The predicted molar refractivity (Wildman–Crippen MR) is 140 cm³/mol. The van der Waals surface area contributed by atoms with Gasteiger partial charge in [0.25, 0.3) is 0 Å². The van der Waals surface area contributed by atoms with Gasteiger partial charge in [0.15, 0.2) is 15.1 Å². The lowest BCUT2D eigenvalue weighted by Crippen LogP contribution is -2.34. The minimum Gasteiger partial charge on any atom is -0.325 e. The summed E-state index contributed by atoms with van der Waals surface area (Å²) in [5.41, 5.74) is 0.491. The minimum atomic E-state index is -4.23. The number of carbonyl (C=O) groups excluding carboxylic acids is 1. The Morgan fingerprint density at radius 1 is 0.757 bits per heavy atom. The van der Waals surface area contributed by atoms with E-state index < -0.39 is 36.8 Å². The molecule has 2 N–H and O–H groups in total. The number of hydrogen-bond acceptors (Lipinski definition) is 5. The van der Waals surface area contributed by atoms with Crippen molar-refractivity contribution in [1.82, 2.24) is 4.72 Å². The van der Waals surface area contributed by atoms with Crippen LogP contribution in [0.4, 0.5) is 10.1 Å². The van der Waals surface area contributed by atoms with Gasteiger partial charge in [-0.3, -0.25) is 4.79 Å². The minimum absolute atomic E-state index is 0.0632. The van der Waals surface area contributed by atoms with Crippen LogP contribution in [0.15, 0.2) is 88.7 Å². The smallest absolute Gasteiger partial charge is 0.247 e. The molecule has 0 spiro atoms. The average Bonchev–Trinajstić information content (AvgIpc) is 3.13. The second-order valence-electron chi connectivity index (χ2n) is 9.11. The Hall–Kier alpha value is -3.08. The van der Waals surface area contributed by atoms with Crippen LogP contribution in [0.1, 0.15) is 49.3 Å². The molecule has 3 aromatic rings. The van der Waals surface area contributed by atoms with Gasteiger partial charge in [-0.15, -0.1) is 0 Å². The Labute approximate surface area is 217 Å². The molecule has 10 heteroatoms. The zero-order valence-electron chi connectivity index (χ0n) is 20.1. The maximum atomic E-state index is 13.4. The number of benzene rings is 3. The van der Waals surface area contributed by atoms with Crippen LogP contribution < -0.4 is 10.0 Å². The first-order valence-electron chi connectivity index (χ1n) is 12.1. The third kappa shape index (κ3) is 6.63. The molecule has 7 nitrogen and oxygen atoms in total. The average molecular weight is 545 g/mol. The van der Waals surface area contributed by atoms with E-state index in [1.54, 1.807) is 18.2 Å². The van der Waals surface area contributed by atoms with Crippen molar-refractivity contribution in [3.8, 4) is 0 Å². The largest absolute Gasteiger partial charge is 0.325 e. The number of halogens is 1. The van der Waals surface area contributed by atoms with Crippen molar-refractivity contribution in [2.75, 3.05) is 5.32 Å². The summed E-state index contributed by atoms with van der Waals surface area (Å²) in [6, 6.07) is 17.8. The summed E-state index contributed by atoms with van der Waals surface area (Å²) >= 11 is 0. The lowest BCUT2D eigenvalue weighted by molar-refractivity contribution is -0.115. The van der Waals surface area contributed by atoms with E-state index in [0.717, 1.165) is 62.8 Å². The van der Waals surface area contributed by atoms with Crippen molar-refractivity contribution in [1.29, 1.82) is 0 Å². The molecule has 0 bridgehead atoms. The third-order valence-electron chi connectivity index (χ3n) is 6.40. The van der Waals surface area contributed by atoms with Gasteiger partial charge in [0.2, 0.25) is 15.9 Å². The summed E-state index contributed by atoms with van der Waals surface area (Å²) < 4.78 is 68.7. The van der Waals surface area contributed by atoms with Crippen molar-refractivity contribution in [3.63, 3.8) is 0 Å². The number of anilines is 1. The van der Waals surface area contributed by atoms with Gasteiger partial charge in [-0.05, 0) is 66.9 Å². The highest BCUT2D eigenvalue weighted by Gasteiger charge is 2.35. The number of carbonyl (C=O) groups is 1. The van der Waals surface area contributed by atoms with Crippen molar-refractivity contribution in [2.24, 2.45) is 0 Å². The van der Waals surface area contributed by atoms with Crippen molar-refractivity contribution < 1.29 is 26.0 Å². The highest BCUT2D eigenvalue weighted by molar-refractivity contribution is 7.92. The Kier molecular flexibility index (Phi) is 8.41. The SMILES string of the molecule is O=C(Nc1ccc(S(=O)(=O)NC2CCCCCC2)cc1)C(c1ccccc1)S(=O)(=O)c1ccc(F)cc1. The van der Waals surface area contributed by atoms with Gasteiger partial charge >= 0.3 is 0 Å². The van der Waals surface area contributed by atoms with Gasteiger partial charge in [-0.1, -0.05) is 56.0 Å². The fourth-order valence-electron chi connectivity index (χ4n) is 4.47. The number of amides is 1. The van der Waals surface area contributed by atoms with Crippen LogP contribution in [-0.2, 0) is 24.7 Å². The van der Waals surface area contributed by atoms with E-state index in [9.17, 15) is 26.0 Å². The van der Waals surface area contributed by atoms with Crippen LogP contribution in [0.5, 0.6) is 0 Å². The molecule has 0 saturated heterocycles. The van der Waals surface area contributed by atoms with Crippen LogP contribution in [0.25, 0.3) is 0 Å². The molecule has 4 rings (SSSR count). The summed E-state index contributed by atoms with van der Waals surface area (Å²) in [6.07, 6.45) is 5.79. The second kappa shape index (κ2) is 11.5. The first kappa shape index (κ1) is 27.0. The number of sulfone groups is 1. The molecule has 1 atom stereocenters. The highest BCUT2D eigenvalue weighted by Crippen LogP contribution is 2.31. The normalized spacial score (nSPS) is 16.0. The molecule has 1 amide bonds. The standard InChI is InChI=1S/C27H29FN2O5S2/c28-21-12-16-24(17-13-21)36(32,33)26(20-8-4-3-5-9-20)27(31)29-22-14-18-25(19-15-22)37(34,35)30-23-10-6-1-2-7-11-23/h3-5,8-9,12-19,23,26,30H,1-2,6-7,10-11H2,(H,29,31). The Bertz CT molecular complexity index is 1420. The number of sulfonamides is 1. The van der Waals surface area contributed by atoms with Gasteiger partial charge in [0.05, 0.1) is 9.79 Å². The molecule has 1 aliphatic rings. The summed E-state index contributed by atoms with van der Waals surface area (Å²) in [6.45, 7) is 0. The summed E-state index contributed by atoms with van der Waals surface area (Å²) in [4.78, 5) is 13.2. The topological polar surface area (TPSA) is 109 Å². The molecule has 1 saturated carbocycles. The summed E-state index contributed by atoms with van der Waals surface area (Å²) in [7, 11) is -7.96. The Balaban J connectivity index is 1.55. The number of hydrogen-bond donors (Lipinski definition) is 2. The quantitative estimate of drug-likeness (QED) is 0.307. The molecule has 0 aliphatic heterocycles. The Morgan fingerprint density at radius 3 is 1.92 bits per heavy atom. The summed E-state index contributed by atoms with van der Waals surface area (Å²) in [5.74, 6) is -1.41. The van der Waals surface area contributed by atoms with Gasteiger partial charge in [-0.25, -0.2) is 25.9 Å². The molecule has 37 heavy (non-hydrogen) atoms. The van der Waals surface area contributed by atoms with E-state index in [-0.39, 0.29) is 27.1 Å². The van der Waals surface area contributed by atoms with Gasteiger partial charge in [0, 0.05) is 11.7 Å². The third-order valence-corrected chi connectivity index (χ3v) is 9.97. The molecule has 0 aromatic heterocycles. The van der Waals surface area contributed by atoms with Gasteiger partial charge in [-0.2, -0.15) is 0 Å². The predicted octanol–water partition coefficient (Wildman–Crippen LogP) is 4.98. The Morgan fingerprint density at radius 2 is 1.32 bits per heavy atom. The second-order valence-corrected chi connectivity index (χ2v) is 12.9. The molecule has 1 fully saturated rings. The lowest BCUT2D eigenvalue weighted by Gasteiger charge is -2.19. The maximum absolute atomic E-state index is 13.4. The molecule has 1 aliphatic carbocycles. The van der Waals surface area contributed by atoms with E-state index in [0.29, 0.717) is 0 Å². The van der Waals surface area contributed by atoms with Gasteiger partial charge < -0.3 is 5.32 Å². The van der Waals surface area contributed by atoms with E-state index in [4.69, 9.17) is 0 Å². The lowest BCUT2D eigenvalue weighted by atomic mass is 10.1. The first-order valence-corrected chi connectivity index (χ1v) is 15.2. The zero-order chi connectivity index (χ0) is 26.5. The van der Waals surface area contributed by atoms with Crippen molar-refractivity contribution >= 4 is 31.5 Å².